The van der Waals surface area contributed by atoms with E-state index in [1.54, 1.807) is 36.4 Å². The Morgan fingerprint density at radius 1 is 1.17 bits per heavy atom. The van der Waals surface area contributed by atoms with Crippen molar-refractivity contribution in [3.05, 3.63) is 46.1 Å². The molecular weight excluding hydrogens is 248 g/mol. The molecule has 5 heteroatoms. The van der Waals surface area contributed by atoms with Gasteiger partial charge in [-0.15, -0.1) is 0 Å². The summed E-state index contributed by atoms with van der Waals surface area (Å²) in [4.78, 5) is 0. The van der Waals surface area contributed by atoms with Gasteiger partial charge in [0.25, 0.3) is 0 Å². The SMILES string of the molecule is N#CC(C#N)=C(N)[C@H](C#N)Cc1ccc(Cl)cc1. The minimum Gasteiger partial charge on any atom is -0.399 e. The van der Waals surface area contributed by atoms with Gasteiger partial charge in [0.05, 0.1) is 17.7 Å². The molecule has 0 amide bonds. The van der Waals surface area contributed by atoms with E-state index in [0.29, 0.717) is 11.4 Å². The summed E-state index contributed by atoms with van der Waals surface area (Å²) in [6.45, 7) is 0. The zero-order chi connectivity index (χ0) is 13.5. The summed E-state index contributed by atoms with van der Waals surface area (Å²) in [6.07, 6.45) is 0.340. The van der Waals surface area contributed by atoms with Crippen molar-refractivity contribution in [2.24, 2.45) is 11.7 Å². The second-order valence-electron chi connectivity index (χ2n) is 3.57. The highest BCUT2D eigenvalue weighted by Crippen LogP contribution is 2.17. The van der Waals surface area contributed by atoms with Crippen LogP contribution in [0.15, 0.2) is 35.5 Å². The normalized spacial score (nSPS) is 10.6. The Morgan fingerprint density at radius 2 is 1.72 bits per heavy atom. The molecule has 4 nitrogen and oxygen atoms in total. The van der Waals surface area contributed by atoms with Gasteiger partial charge >= 0.3 is 0 Å². The molecule has 0 saturated heterocycles. The van der Waals surface area contributed by atoms with Gasteiger partial charge in [-0.05, 0) is 24.1 Å². The molecular formula is C13H9ClN4. The first-order chi connectivity index (χ1) is 8.62. The maximum Gasteiger partial charge on any atom is 0.149 e. The van der Waals surface area contributed by atoms with E-state index in [4.69, 9.17) is 33.1 Å². The van der Waals surface area contributed by atoms with Crippen LogP contribution in [0, 0.1) is 39.9 Å². The van der Waals surface area contributed by atoms with Crippen molar-refractivity contribution in [3.8, 4) is 18.2 Å². The van der Waals surface area contributed by atoms with Crippen molar-refractivity contribution in [3.63, 3.8) is 0 Å². The van der Waals surface area contributed by atoms with E-state index in [-0.39, 0.29) is 11.3 Å². The molecule has 1 rings (SSSR count). The van der Waals surface area contributed by atoms with Gasteiger partial charge in [0.1, 0.15) is 17.7 Å². The predicted molar refractivity (Wildman–Crippen MR) is 66.7 cm³/mol. The highest BCUT2D eigenvalue weighted by molar-refractivity contribution is 6.30. The average molecular weight is 257 g/mol. The van der Waals surface area contributed by atoms with Crippen LogP contribution in [0.25, 0.3) is 0 Å². The molecule has 0 spiro atoms. The lowest BCUT2D eigenvalue weighted by Gasteiger charge is -2.09. The number of allylic oxidation sites excluding steroid dienone is 2. The first-order valence-corrected chi connectivity index (χ1v) is 5.44. The van der Waals surface area contributed by atoms with Crippen molar-refractivity contribution in [2.75, 3.05) is 0 Å². The van der Waals surface area contributed by atoms with Gasteiger partial charge in [-0.25, -0.2) is 0 Å². The van der Waals surface area contributed by atoms with Crippen molar-refractivity contribution in [1.29, 1.82) is 15.8 Å². The molecule has 0 aliphatic rings. The van der Waals surface area contributed by atoms with Crippen molar-refractivity contribution in [2.45, 2.75) is 6.42 Å². The number of nitriles is 3. The van der Waals surface area contributed by atoms with Gasteiger partial charge in [-0.1, -0.05) is 23.7 Å². The molecule has 1 aromatic carbocycles. The summed E-state index contributed by atoms with van der Waals surface area (Å²) in [5.74, 6) is -0.694. The van der Waals surface area contributed by atoms with E-state index in [9.17, 15) is 0 Å². The first-order valence-electron chi connectivity index (χ1n) is 5.06. The quantitative estimate of drug-likeness (QED) is 0.839. The number of benzene rings is 1. The van der Waals surface area contributed by atoms with E-state index in [1.165, 1.54) is 0 Å². The number of rotatable bonds is 3. The van der Waals surface area contributed by atoms with Gasteiger partial charge in [-0.2, -0.15) is 15.8 Å². The summed E-state index contributed by atoms with van der Waals surface area (Å²) in [5.41, 5.74) is 6.32. The van der Waals surface area contributed by atoms with Crippen LogP contribution in [0.2, 0.25) is 5.02 Å². The van der Waals surface area contributed by atoms with E-state index in [0.717, 1.165) is 5.56 Å². The lowest BCUT2D eigenvalue weighted by atomic mass is 9.95. The lowest BCUT2D eigenvalue weighted by molar-refractivity contribution is 0.753. The first kappa shape index (κ1) is 13.6. The van der Waals surface area contributed by atoms with Crippen LogP contribution in [0.1, 0.15) is 5.56 Å². The molecule has 0 heterocycles. The fourth-order valence-electron chi connectivity index (χ4n) is 1.41. The smallest absolute Gasteiger partial charge is 0.149 e. The molecule has 0 saturated carbocycles. The number of hydrogen-bond acceptors (Lipinski definition) is 4. The maximum atomic E-state index is 9.04. The Bertz CT molecular complexity index is 565. The third kappa shape index (κ3) is 3.25. The third-order valence-electron chi connectivity index (χ3n) is 2.40. The topological polar surface area (TPSA) is 97.4 Å². The monoisotopic (exact) mass is 256 g/mol. The zero-order valence-electron chi connectivity index (χ0n) is 9.39. The number of nitrogens with two attached hydrogens (primary N) is 1. The van der Waals surface area contributed by atoms with Crippen molar-refractivity contribution in [1.82, 2.24) is 0 Å². The van der Waals surface area contributed by atoms with E-state index in [1.807, 2.05) is 6.07 Å². The summed E-state index contributed by atoms with van der Waals surface area (Å²) < 4.78 is 0. The molecule has 1 atom stereocenters. The summed E-state index contributed by atoms with van der Waals surface area (Å²) in [6, 6.07) is 12.3. The molecule has 0 unspecified atom stereocenters. The molecule has 88 valence electrons. The largest absolute Gasteiger partial charge is 0.399 e. The third-order valence-corrected chi connectivity index (χ3v) is 2.65. The standard InChI is InChI=1S/C13H9ClN4/c14-12-3-1-9(2-4-12)5-10(6-15)13(18)11(7-16)8-17/h1-4,10H,5,18H2/t10-/m0/s1. The molecule has 0 aliphatic carbocycles. The van der Waals surface area contributed by atoms with E-state index < -0.39 is 5.92 Å². The second-order valence-corrected chi connectivity index (χ2v) is 4.00. The van der Waals surface area contributed by atoms with Gasteiger partial charge < -0.3 is 5.73 Å². The summed E-state index contributed by atoms with van der Waals surface area (Å²) in [5, 5.41) is 27.1. The molecule has 0 aromatic heterocycles. The second kappa shape index (κ2) is 6.30. The Kier molecular flexibility index (Phi) is 4.76. The maximum absolute atomic E-state index is 9.04. The fourth-order valence-corrected chi connectivity index (χ4v) is 1.54. The van der Waals surface area contributed by atoms with E-state index >= 15 is 0 Å². The predicted octanol–water partition coefficient (Wildman–Crippen LogP) is 2.28. The van der Waals surface area contributed by atoms with Crippen LogP contribution in [-0.4, -0.2) is 0 Å². The summed E-state index contributed by atoms with van der Waals surface area (Å²) in [7, 11) is 0. The van der Waals surface area contributed by atoms with E-state index in [2.05, 4.69) is 0 Å². The molecule has 2 N–H and O–H groups in total. The molecule has 0 fully saturated rings. The molecule has 1 aromatic rings. The van der Waals surface area contributed by atoms with Crippen LogP contribution in [0.5, 0.6) is 0 Å². The average Bonchev–Trinajstić information content (AvgIpc) is 2.39. The molecule has 0 aliphatic heterocycles. The highest BCUT2D eigenvalue weighted by Gasteiger charge is 2.16. The molecule has 0 radical (unpaired) electrons. The molecule has 0 bridgehead atoms. The number of halogens is 1. The van der Waals surface area contributed by atoms with Crippen LogP contribution in [0.4, 0.5) is 0 Å². The van der Waals surface area contributed by atoms with Crippen molar-refractivity contribution < 1.29 is 0 Å². The highest BCUT2D eigenvalue weighted by atomic mass is 35.5. The van der Waals surface area contributed by atoms with Gasteiger partial charge in [0, 0.05) is 5.02 Å². The Labute approximate surface area is 110 Å². The minimum atomic E-state index is -0.694. The van der Waals surface area contributed by atoms with Crippen LogP contribution >= 0.6 is 11.6 Å². The molecule has 18 heavy (non-hydrogen) atoms. The van der Waals surface area contributed by atoms with Gasteiger partial charge in [0.15, 0.2) is 0 Å². The minimum absolute atomic E-state index is 0.0115. The Hall–Kier alpha value is -2.48. The lowest BCUT2D eigenvalue weighted by Crippen LogP contribution is -2.15. The summed E-state index contributed by atoms with van der Waals surface area (Å²) >= 11 is 5.75. The zero-order valence-corrected chi connectivity index (χ0v) is 10.1. The Balaban J connectivity index is 2.98. The number of hydrogen-bond donors (Lipinski definition) is 1. The van der Waals surface area contributed by atoms with Crippen LogP contribution < -0.4 is 5.73 Å². The fraction of sp³-hybridized carbons (Fsp3) is 0.154. The van der Waals surface area contributed by atoms with Gasteiger partial charge in [-0.3, -0.25) is 0 Å². The number of nitrogens with zero attached hydrogens (tertiary/aromatic N) is 3. The Morgan fingerprint density at radius 3 is 2.17 bits per heavy atom. The van der Waals surface area contributed by atoms with Crippen LogP contribution in [-0.2, 0) is 6.42 Å². The van der Waals surface area contributed by atoms with Crippen molar-refractivity contribution >= 4 is 11.6 Å². The van der Waals surface area contributed by atoms with Crippen LogP contribution in [0.3, 0.4) is 0 Å². The van der Waals surface area contributed by atoms with Gasteiger partial charge in [0.2, 0.25) is 0 Å².